The van der Waals surface area contributed by atoms with Crippen LogP contribution in [0, 0.1) is 13.8 Å². The lowest BCUT2D eigenvalue weighted by Crippen LogP contribution is -2.26. The van der Waals surface area contributed by atoms with Crippen LogP contribution in [0.1, 0.15) is 11.3 Å². The molecule has 0 aliphatic carbocycles. The lowest BCUT2D eigenvalue weighted by molar-refractivity contribution is 0.588. The number of hydrogen-bond acceptors (Lipinski definition) is 6. The summed E-state index contributed by atoms with van der Waals surface area (Å²) in [5.41, 5.74) is 2.55. The highest BCUT2D eigenvalue weighted by Gasteiger charge is 2.11. The van der Waals surface area contributed by atoms with Gasteiger partial charge in [0.1, 0.15) is 5.82 Å². The lowest BCUT2D eigenvalue weighted by atomic mass is 10.2. The van der Waals surface area contributed by atoms with E-state index in [-0.39, 0.29) is 12.3 Å². The van der Waals surface area contributed by atoms with E-state index in [1.54, 1.807) is 12.4 Å². The van der Waals surface area contributed by atoms with E-state index in [0.717, 1.165) is 16.8 Å². The summed E-state index contributed by atoms with van der Waals surface area (Å²) in [6.07, 6.45) is 3.38. The summed E-state index contributed by atoms with van der Waals surface area (Å²) in [6, 6.07) is 3.70. The molecule has 22 heavy (non-hydrogen) atoms. The fourth-order valence-corrected chi connectivity index (χ4v) is 2.41. The van der Waals surface area contributed by atoms with E-state index >= 15 is 0 Å². The van der Waals surface area contributed by atoms with E-state index in [1.165, 1.54) is 7.05 Å². The van der Waals surface area contributed by atoms with Crippen LogP contribution in [-0.2, 0) is 10.0 Å². The van der Waals surface area contributed by atoms with Crippen molar-refractivity contribution < 1.29 is 8.42 Å². The first-order chi connectivity index (χ1) is 10.4. The number of nitrogens with zero attached hydrogens (tertiary/aromatic N) is 3. The second kappa shape index (κ2) is 6.80. The van der Waals surface area contributed by atoms with Gasteiger partial charge in [0.2, 0.25) is 10.0 Å². The van der Waals surface area contributed by atoms with Crippen molar-refractivity contribution in [2.45, 2.75) is 13.8 Å². The third kappa shape index (κ3) is 3.99. The Bertz CT molecular complexity index is 747. The molecule has 2 rings (SSSR count). The number of hydrogen-bond donors (Lipinski definition) is 2. The average Bonchev–Trinajstić information content (AvgIpc) is 2.52. The molecule has 0 aliphatic rings. The van der Waals surface area contributed by atoms with Gasteiger partial charge in [-0.15, -0.1) is 0 Å². The van der Waals surface area contributed by atoms with E-state index in [9.17, 15) is 8.42 Å². The minimum Gasteiger partial charge on any atom is -0.369 e. The predicted molar refractivity (Wildman–Crippen MR) is 86.1 cm³/mol. The minimum atomic E-state index is -3.24. The van der Waals surface area contributed by atoms with Gasteiger partial charge in [-0.05, 0) is 33.0 Å². The van der Waals surface area contributed by atoms with Gasteiger partial charge in [-0.2, -0.15) is 0 Å². The van der Waals surface area contributed by atoms with Crippen molar-refractivity contribution in [2.75, 3.05) is 24.7 Å². The average molecular weight is 321 g/mol. The molecule has 2 aromatic rings. The van der Waals surface area contributed by atoms with Gasteiger partial charge in [0.05, 0.1) is 5.75 Å². The molecule has 0 radical (unpaired) electrons. The standard InChI is InChI=1S/C14H19N5O2S/c1-10-11(2)18-14(12-5-4-6-16-9-12)19-13(10)17-7-8-22(20,21)15-3/h4-6,9,15H,7-8H2,1-3H3,(H,17,18,19). The van der Waals surface area contributed by atoms with Gasteiger partial charge in [0, 0.05) is 35.8 Å². The van der Waals surface area contributed by atoms with Gasteiger partial charge in [0.15, 0.2) is 5.82 Å². The first kappa shape index (κ1) is 16.3. The number of nitrogens with one attached hydrogen (secondary N) is 2. The molecule has 2 N–H and O–H groups in total. The predicted octanol–water partition coefficient (Wildman–Crippen LogP) is 1.12. The van der Waals surface area contributed by atoms with Crippen molar-refractivity contribution in [3.8, 4) is 11.4 Å². The highest BCUT2D eigenvalue weighted by Crippen LogP contribution is 2.20. The van der Waals surface area contributed by atoms with Crippen molar-refractivity contribution >= 4 is 15.8 Å². The Labute approximate surface area is 130 Å². The molecular weight excluding hydrogens is 302 g/mol. The summed E-state index contributed by atoms with van der Waals surface area (Å²) in [4.78, 5) is 13.0. The molecule has 0 fully saturated rings. The molecule has 7 nitrogen and oxygen atoms in total. The maximum atomic E-state index is 11.4. The Hall–Kier alpha value is -2.06. The van der Waals surface area contributed by atoms with Crippen LogP contribution in [0.3, 0.4) is 0 Å². The first-order valence-corrected chi connectivity index (χ1v) is 8.49. The molecule has 0 atom stereocenters. The molecule has 0 spiro atoms. The Balaban J connectivity index is 2.23. The third-order valence-corrected chi connectivity index (χ3v) is 4.65. The van der Waals surface area contributed by atoms with Crippen LogP contribution in [0.25, 0.3) is 11.4 Å². The van der Waals surface area contributed by atoms with Gasteiger partial charge in [-0.3, -0.25) is 4.98 Å². The lowest BCUT2D eigenvalue weighted by Gasteiger charge is -2.12. The quantitative estimate of drug-likeness (QED) is 0.827. The minimum absolute atomic E-state index is 0.0196. The Morgan fingerprint density at radius 2 is 2.00 bits per heavy atom. The number of pyridine rings is 1. The van der Waals surface area contributed by atoms with E-state index < -0.39 is 10.0 Å². The van der Waals surface area contributed by atoms with Crippen molar-refractivity contribution in [1.82, 2.24) is 19.7 Å². The molecule has 2 aromatic heterocycles. The number of rotatable bonds is 6. The van der Waals surface area contributed by atoms with Crippen LogP contribution in [0.15, 0.2) is 24.5 Å². The van der Waals surface area contributed by atoms with Gasteiger partial charge in [0.25, 0.3) is 0 Å². The zero-order valence-corrected chi connectivity index (χ0v) is 13.6. The molecule has 118 valence electrons. The number of aryl methyl sites for hydroxylation is 1. The molecule has 0 amide bonds. The molecule has 0 bridgehead atoms. The van der Waals surface area contributed by atoms with Crippen LogP contribution in [0.5, 0.6) is 0 Å². The number of sulfonamides is 1. The maximum absolute atomic E-state index is 11.4. The largest absolute Gasteiger partial charge is 0.369 e. The van der Waals surface area contributed by atoms with E-state index in [4.69, 9.17) is 0 Å². The van der Waals surface area contributed by atoms with Crippen molar-refractivity contribution in [1.29, 1.82) is 0 Å². The van der Waals surface area contributed by atoms with Crippen LogP contribution in [0.4, 0.5) is 5.82 Å². The van der Waals surface area contributed by atoms with E-state index in [1.807, 2.05) is 26.0 Å². The SMILES string of the molecule is CNS(=O)(=O)CCNc1nc(-c2cccnc2)nc(C)c1C. The van der Waals surface area contributed by atoms with Gasteiger partial charge in [-0.1, -0.05) is 0 Å². The van der Waals surface area contributed by atoms with E-state index in [2.05, 4.69) is 25.0 Å². The van der Waals surface area contributed by atoms with Crippen molar-refractivity contribution in [2.24, 2.45) is 0 Å². The molecular formula is C14H19N5O2S. The summed E-state index contributed by atoms with van der Waals surface area (Å²) in [7, 11) is -1.84. The fourth-order valence-electron chi connectivity index (χ4n) is 1.83. The molecule has 0 aromatic carbocycles. The van der Waals surface area contributed by atoms with E-state index in [0.29, 0.717) is 11.6 Å². The fraction of sp³-hybridized carbons (Fsp3) is 0.357. The second-order valence-electron chi connectivity index (χ2n) is 4.80. The summed E-state index contributed by atoms with van der Waals surface area (Å²) < 4.78 is 25.2. The monoisotopic (exact) mass is 321 g/mol. The third-order valence-electron chi connectivity index (χ3n) is 3.28. The molecule has 2 heterocycles. The normalized spacial score (nSPS) is 11.4. The number of anilines is 1. The summed E-state index contributed by atoms with van der Waals surface area (Å²) in [5, 5.41) is 3.06. The summed E-state index contributed by atoms with van der Waals surface area (Å²) >= 11 is 0. The van der Waals surface area contributed by atoms with Crippen LogP contribution in [0.2, 0.25) is 0 Å². The highest BCUT2D eigenvalue weighted by molar-refractivity contribution is 7.89. The molecule has 0 saturated heterocycles. The topological polar surface area (TPSA) is 96.9 Å². The van der Waals surface area contributed by atoms with Gasteiger partial charge in [-0.25, -0.2) is 23.1 Å². The van der Waals surface area contributed by atoms with Gasteiger partial charge >= 0.3 is 0 Å². The van der Waals surface area contributed by atoms with Crippen LogP contribution in [-0.4, -0.2) is 42.7 Å². The Morgan fingerprint density at radius 1 is 1.23 bits per heavy atom. The van der Waals surface area contributed by atoms with Crippen molar-refractivity contribution in [3.63, 3.8) is 0 Å². The molecule has 8 heteroatoms. The zero-order chi connectivity index (χ0) is 16.2. The Morgan fingerprint density at radius 3 is 2.64 bits per heavy atom. The Kier molecular flexibility index (Phi) is 5.04. The first-order valence-electron chi connectivity index (χ1n) is 6.83. The smallest absolute Gasteiger partial charge is 0.213 e. The summed E-state index contributed by atoms with van der Waals surface area (Å²) in [5.74, 6) is 1.18. The molecule has 0 unspecified atom stereocenters. The van der Waals surface area contributed by atoms with Crippen LogP contribution >= 0.6 is 0 Å². The summed E-state index contributed by atoms with van der Waals surface area (Å²) in [6.45, 7) is 4.07. The van der Waals surface area contributed by atoms with Crippen LogP contribution < -0.4 is 10.0 Å². The van der Waals surface area contributed by atoms with Gasteiger partial charge < -0.3 is 5.32 Å². The maximum Gasteiger partial charge on any atom is 0.213 e. The molecule has 0 aliphatic heterocycles. The molecule has 0 saturated carbocycles. The van der Waals surface area contributed by atoms with Crippen molar-refractivity contribution in [3.05, 3.63) is 35.8 Å². The second-order valence-corrected chi connectivity index (χ2v) is 6.84. The zero-order valence-electron chi connectivity index (χ0n) is 12.8. The number of aromatic nitrogens is 3. The highest BCUT2D eigenvalue weighted by atomic mass is 32.2.